The molecule has 0 aliphatic rings. The van der Waals surface area contributed by atoms with Crippen molar-refractivity contribution in [1.29, 1.82) is 0 Å². The SMILES string of the molecule is c1ccc(-c2nc(-c3ccc(-c4ccc5ccccc5c4)cc3)nc(-c3cc(-c4ccccc4)c4c(c3)sc3cc5ccccc5cc34)n2)cc1. The van der Waals surface area contributed by atoms with Crippen molar-refractivity contribution in [3.63, 3.8) is 0 Å². The van der Waals surface area contributed by atoms with Crippen LogP contribution < -0.4 is 0 Å². The lowest BCUT2D eigenvalue weighted by atomic mass is 9.96. The fraction of sp³-hybridized carbons (Fsp3) is 0. The molecule has 3 nitrogen and oxygen atoms in total. The molecule has 0 saturated heterocycles. The second kappa shape index (κ2) is 12.1. The summed E-state index contributed by atoms with van der Waals surface area (Å²) in [6, 6.07) is 62.2. The Morgan fingerprint density at radius 1 is 0.314 bits per heavy atom. The van der Waals surface area contributed by atoms with Crippen molar-refractivity contribution in [2.75, 3.05) is 0 Å². The number of nitrogens with zero attached hydrogens (tertiary/aromatic N) is 3. The zero-order valence-corrected chi connectivity index (χ0v) is 28.3. The summed E-state index contributed by atoms with van der Waals surface area (Å²) in [5, 5.41) is 7.49. The van der Waals surface area contributed by atoms with Gasteiger partial charge in [-0.1, -0.05) is 146 Å². The molecular formula is C47H29N3S. The molecule has 0 aliphatic heterocycles. The zero-order valence-electron chi connectivity index (χ0n) is 27.5. The van der Waals surface area contributed by atoms with Crippen LogP contribution in [-0.2, 0) is 0 Å². The van der Waals surface area contributed by atoms with Gasteiger partial charge in [-0.05, 0) is 74.1 Å². The third kappa shape index (κ3) is 5.34. The van der Waals surface area contributed by atoms with Gasteiger partial charge in [0.15, 0.2) is 17.5 Å². The average Bonchev–Trinajstić information content (AvgIpc) is 3.57. The fourth-order valence-corrected chi connectivity index (χ4v) is 8.30. The van der Waals surface area contributed by atoms with Crippen molar-refractivity contribution in [2.45, 2.75) is 0 Å². The van der Waals surface area contributed by atoms with Gasteiger partial charge in [0.05, 0.1) is 0 Å². The monoisotopic (exact) mass is 667 g/mol. The molecule has 4 heteroatoms. The second-order valence-corrected chi connectivity index (χ2v) is 14.0. The first-order valence-electron chi connectivity index (χ1n) is 17.1. The smallest absolute Gasteiger partial charge is 0.164 e. The molecule has 51 heavy (non-hydrogen) atoms. The Morgan fingerprint density at radius 2 is 0.824 bits per heavy atom. The molecule has 0 unspecified atom stereocenters. The fourth-order valence-electron chi connectivity index (χ4n) is 7.10. The van der Waals surface area contributed by atoms with Crippen molar-refractivity contribution in [1.82, 2.24) is 15.0 Å². The van der Waals surface area contributed by atoms with Gasteiger partial charge >= 0.3 is 0 Å². The molecule has 2 heterocycles. The first kappa shape index (κ1) is 29.4. The summed E-state index contributed by atoms with van der Waals surface area (Å²) in [4.78, 5) is 15.3. The number of aromatic nitrogens is 3. The van der Waals surface area contributed by atoms with Gasteiger partial charge in [-0.25, -0.2) is 15.0 Å². The van der Waals surface area contributed by atoms with Gasteiger partial charge in [0, 0.05) is 36.9 Å². The number of rotatable bonds is 5. The minimum absolute atomic E-state index is 0.646. The average molecular weight is 668 g/mol. The van der Waals surface area contributed by atoms with E-state index < -0.39 is 0 Å². The number of thiophene rings is 1. The van der Waals surface area contributed by atoms with E-state index in [9.17, 15) is 0 Å². The van der Waals surface area contributed by atoms with Crippen molar-refractivity contribution in [2.24, 2.45) is 0 Å². The number of fused-ring (bicyclic) bond motifs is 5. The first-order valence-corrected chi connectivity index (χ1v) is 17.9. The Kier molecular flexibility index (Phi) is 7.00. The molecule has 10 rings (SSSR count). The lowest BCUT2D eigenvalue weighted by Gasteiger charge is -2.12. The lowest BCUT2D eigenvalue weighted by molar-refractivity contribution is 1.07. The molecule has 238 valence electrons. The minimum atomic E-state index is 0.646. The van der Waals surface area contributed by atoms with Crippen LogP contribution in [0.25, 0.3) is 98.1 Å². The summed E-state index contributed by atoms with van der Waals surface area (Å²) in [6.07, 6.45) is 0. The predicted octanol–water partition coefficient (Wildman–Crippen LogP) is 12.9. The van der Waals surface area contributed by atoms with Gasteiger partial charge in [0.2, 0.25) is 0 Å². The van der Waals surface area contributed by atoms with Gasteiger partial charge in [-0.2, -0.15) is 0 Å². The first-order chi connectivity index (χ1) is 25.2. The van der Waals surface area contributed by atoms with Crippen molar-refractivity contribution < 1.29 is 0 Å². The van der Waals surface area contributed by atoms with Crippen LogP contribution in [0.2, 0.25) is 0 Å². The molecule has 0 radical (unpaired) electrons. The molecule has 0 aliphatic carbocycles. The van der Waals surface area contributed by atoms with Gasteiger partial charge in [-0.3, -0.25) is 0 Å². The van der Waals surface area contributed by atoms with Crippen LogP contribution >= 0.6 is 11.3 Å². The van der Waals surface area contributed by atoms with Gasteiger partial charge in [-0.15, -0.1) is 11.3 Å². The van der Waals surface area contributed by atoms with Crippen LogP contribution in [0.15, 0.2) is 176 Å². The molecule has 0 bridgehead atoms. The summed E-state index contributed by atoms with van der Waals surface area (Å²) in [7, 11) is 0. The summed E-state index contributed by atoms with van der Waals surface area (Å²) < 4.78 is 2.48. The molecule has 0 atom stereocenters. The molecular weight excluding hydrogens is 639 g/mol. The van der Waals surface area contributed by atoms with E-state index in [2.05, 4.69) is 158 Å². The molecule has 0 saturated carbocycles. The van der Waals surface area contributed by atoms with Gasteiger partial charge in [0.1, 0.15) is 0 Å². The van der Waals surface area contributed by atoms with E-state index in [0.717, 1.165) is 22.3 Å². The number of hydrogen-bond donors (Lipinski definition) is 0. The van der Waals surface area contributed by atoms with Gasteiger partial charge < -0.3 is 0 Å². The Labute approximate surface area is 299 Å². The van der Waals surface area contributed by atoms with Crippen LogP contribution in [0.3, 0.4) is 0 Å². The summed E-state index contributed by atoms with van der Waals surface area (Å²) in [5.41, 5.74) is 7.53. The maximum absolute atomic E-state index is 5.17. The van der Waals surface area contributed by atoms with Crippen molar-refractivity contribution >= 4 is 53.1 Å². The third-order valence-corrected chi connectivity index (χ3v) is 10.8. The van der Waals surface area contributed by atoms with Crippen LogP contribution in [-0.4, -0.2) is 15.0 Å². The predicted molar refractivity (Wildman–Crippen MR) is 215 cm³/mol. The van der Waals surface area contributed by atoms with E-state index >= 15 is 0 Å². The summed E-state index contributed by atoms with van der Waals surface area (Å²) in [5.74, 6) is 1.95. The van der Waals surface area contributed by atoms with E-state index in [0.29, 0.717) is 17.5 Å². The van der Waals surface area contributed by atoms with Crippen molar-refractivity contribution in [3.05, 3.63) is 176 Å². The van der Waals surface area contributed by atoms with Crippen molar-refractivity contribution in [3.8, 4) is 56.4 Å². The highest BCUT2D eigenvalue weighted by molar-refractivity contribution is 7.26. The number of benzene rings is 8. The highest BCUT2D eigenvalue weighted by Crippen LogP contribution is 2.44. The zero-order chi connectivity index (χ0) is 33.7. The van der Waals surface area contributed by atoms with E-state index in [-0.39, 0.29) is 0 Å². The van der Waals surface area contributed by atoms with Crippen LogP contribution in [0.4, 0.5) is 0 Å². The molecule has 0 N–H and O–H groups in total. The second-order valence-electron chi connectivity index (χ2n) is 12.9. The quantitative estimate of drug-likeness (QED) is 0.183. The Bertz CT molecular complexity index is 2900. The molecule has 2 aromatic heterocycles. The molecule has 10 aromatic rings. The Balaban J connectivity index is 1.15. The topological polar surface area (TPSA) is 38.7 Å². The van der Waals surface area contributed by atoms with E-state index in [4.69, 9.17) is 15.0 Å². The third-order valence-electron chi connectivity index (χ3n) is 9.68. The van der Waals surface area contributed by atoms with Crippen LogP contribution in [0.5, 0.6) is 0 Å². The van der Waals surface area contributed by atoms with Gasteiger partial charge in [0.25, 0.3) is 0 Å². The lowest BCUT2D eigenvalue weighted by Crippen LogP contribution is -2.00. The Hall–Kier alpha value is -6.49. The van der Waals surface area contributed by atoms with E-state index in [1.807, 2.05) is 29.5 Å². The van der Waals surface area contributed by atoms with Crippen LogP contribution in [0, 0.1) is 0 Å². The maximum Gasteiger partial charge on any atom is 0.164 e. The largest absolute Gasteiger partial charge is 0.208 e. The highest BCUT2D eigenvalue weighted by Gasteiger charge is 2.18. The summed E-state index contributed by atoms with van der Waals surface area (Å²) >= 11 is 1.82. The molecule has 8 aromatic carbocycles. The number of hydrogen-bond acceptors (Lipinski definition) is 4. The molecule has 0 spiro atoms. The molecule has 0 fully saturated rings. The standard InChI is InChI=1S/C47H29N3S/c1-3-12-32(13-4-1)40-27-39(29-43-44(40)41-26-36-17-9-10-18-37(36)28-42(41)51-43)47-49-45(33-14-5-2-6-15-33)48-46(50-47)34-22-19-31(20-23-34)38-24-21-30-11-7-8-16-35(30)25-38/h1-29H. The molecule has 0 amide bonds. The minimum Gasteiger partial charge on any atom is -0.208 e. The Morgan fingerprint density at radius 3 is 1.51 bits per heavy atom. The highest BCUT2D eigenvalue weighted by atomic mass is 32.1. The summed E-state index contributed by atoms with van der Waals surface area (Å²) in [6.45, 7) is 0. The van der Waals surface area contributed by atoms with E-state index in [1.165, 1.54) is 58.4 Å². The van der Waals surface area contributed by atoms with E-state index in [1.54, 1.807) is 0 Å². The normalized spacial score (nSPS) is 11.5. The maximum atomic E-state index is 5.17. The van der Waals surface area contributed by atoms with Crippen LogP contribution in [0.1, 0.15) is 0 Å².